The number of amides is 1. The van der Waals surface area contributed by atoms with Crippen molar-refractivity contribution in [2.45, 2.75) is 77.3 Å². The van der Waals surface area contributed by atoms with E-state index in [2.05, 4.69) is 17.6 Å². The van der Waals surface area contributed by atoms with E-state index in [1.54, 1.807) is 0 Å². The summed E-state index contributed by atoms with van der Waals surface area (Å²) >= 11 is 0. The van der Waals surface area contributed by atoms with Crippen LogP contribution in [-0.2, 0) is 4.79 Å². The summed E-state index contributed by atoms with van der Waals surface area (Å²) in [5.74, 6) is 0.589. The number of carbonyl (C=O) groups excluding carboxylic acids is 1. The summed E-state index contributed by atoms with van der Waals surface area (Å²) in [5, 5.41) is 15.5. The Morgan fingerprint density at radius 2 is 1.95 bits per heavy atom. The first-order chi connectivity index (χ1) is 9.67. The van der Waals surface area contributed by atoms with Crippen LogP contribution in [0.5, 0.6) is 0 Å². The molecule has 0 aliphatic heterocycles. The van der Waals surface area contributed by atoms with E-state index >= 15 is 0 Å². The lowest BCUT2D eigenvalue weighted by molar-refractivity contribution is -0.123. The Morgan fingerprint density at radius 1 is 1.25 bits per heavy atom. The molecule has 20 heavy (non-hydrogen) atoms. The Labute approximate surface area is 123 Å². The van der Waals surface area contributed by atoms with Crippen LogP contribution in [0.3, 0.4) is 0 Å². The van der Waals surface area contributed by atoms with Crippen LogP contribution >= 0.6 is 0 Å². The van der Waals surface area contributed by atoms with Gasteiger partial charge in [0.05, 0.1) is 6.04 Å². The highest BCUT2D eigenvalue weighted by Gasteiger charge is 2.20. The van der Waals surface area contributed by atoms with Crippen molar-refractivity contribution in [3.05, 3.63) is 0 Å². The first kappa shape index (κ1) is 17.4. The van der Waals surface area contributed by atoms with Gasteiger partial charge in [-0.3, -0.25) is 4.79 Å². The Hall–Kier alpha value is -0.610. The molecular weight excluding hydrogens is 252 g/mol. The summed E-state index contributed by atoms with van der Waals surface area (Å²) in [6.07, 6.45) is 9.07. The lowest BCUT2D eigenvalue weighted by Gasteiger charge is -2.25. The lowest BCUT2D eigenvalue weighted by atomic mass is 9.95. The van der Waals surface area contributed by atoms with Crippen LogP contribution in [0.4, 0.5) is 0 Å². The van der Waals surface area contributed by atoms with Gasteiger partial charge in [-0.15, -0.1) is 0 Å². The van der Waals surface area contributed by atoms with Crippen molar-refractivity contribution in [3.8, 4) is 0 Å². The second-order valence-electron chi connectivity index (χ2n) is 6.14. The quantitative estimate of drug-likeness (QED) is 0.608. The highest BCUT2D eigenvalue weighted by atomic mass is 16.3. The second kappa shape index (κ2) is 10.2. The van der Waals surface area contributed by atoms with Gasteiger partial charge in [0.25, 0.3) is 0 Å². The average molecular weight is 284 g/mol. The van der Waals surface area contributed by atoms with Crippen molar-refractivity contribution >= 4 is 5.91 Å². The van der Waals surface area contributed by atoms with E-state index in [0.717, 1.165) is 38.6 Å². The van der Waals surface area contributed by atoms with Crippen molar-refractivity contribution in [1.29, 1.82) is 0 Å². The zero-order chi connectivity index (χ0) is 14.8. The molecule has 0 bridgehead atoms. The third-order valence-corrected chi connectivity index (χ3v) is 4.29. The predicted molar refractivity (Wildman–Crippen MR) is 82.6 cm³/mol. The number of nitrogens with one attached hydrogen (secondary N) is 2. The minimum atomic E-state index is -0.144. The molecule has 118 valence electrons. The molecule has 1 amide bonds. The fourth-order valence-electron chi connectivity index (χ4n) is 2.95. The van der Waals surface area contributed by atoms with E-state index in [4.69, 9.17) is 5.11 Å². The fourth-order valence-corrected chi connectivity index (χ4v) is 2.95. The molecule has 0 saturated heterocycles. The summed E-state index contributed by atoms with van der Waals surface area (Å²) in [4.78, 5) is 12.1. The van der Waals surface area contributed by atoms with Crippen molar-refractivity contribution in [1.82, 2.24) is 10.6 Å². The summed E-state index contributed by atoms with van der Waals surface area (Å²) in [6, 6.07) is 0.236. The van der Waals surface area contributed by atoms with E-state index in [1.165, 1.54) is 19.3 Å². The molecule has 0 aromatic heterocycles. The maximum absolute atomic E-state index is 12.1. The molecule has 1 aliphatic carbocycles. The first-order valence-electron chi connectivity index (χ1n) is 8.32. The Kier molecular flexibility index (Phi) is 8.86. The maximum atomic E-state index is 12.1. The zero-order valence-electron chi connectivity index (χ0n) is 13.2. The SMILES string of the molecule is CCCC(CCO)CNC(C)C(=O)NC1CCCCC1. The second-order valence-corrected chi connectivity index (χ2v) is 6.14. The fraction of sp³-hybridized carbons (Fsp3) is 0.938. The number of aliphatic hydroxyl groups excluding tert-OH is 1. The van der Waals surface area contributed by atoms with E-state index in [1.807, 2.05) is 6.92 Å². The Balaban J connectivity index is 2.25. The van der Waals surface area contributed by atoms with Crippen LogP contribution in [0.25, 0.3) is 0 Å². The predicted octanol–water partition coefficient (Wildman–Crippen LogP) is 2.21. The van der Waals surface area contributed by atoms with Gasteiger partial charge in [0.2, 0.25) is 5.91 Å². The molecule has 1 saturated carbocycles. The molecule has 1 rings (SSSR count). The minimum absolute atomic E-state index is 0.121. The number of carbonyl (C=O) groups is 1. The molecule has 0 radical (unpaired) electrons. The normalized spacial score (nSPS) is 19.6. The van der Waals surface area contributed by atoms with Gasteiger partial charge < -0.3 is 15.7 Å². The van der Waals surface area contributed by atoms with Crippen LogP contribution in [0.1, 0.15) is 65.2 Å². The summed E-state index contributed by atoms with van der Waals surface area (Å²) < 4.78 is 0. The largest absolute Gasteiger partial charge is 0.396 e. The van der Waals surface area contributed by atoms with Gasteiger partial charge in [-0.2, -0.15) is 0 Å². The van der Waals surface area contributed by atoms with E-state index < -0.39 is 0 Å². The van der Waals surface area contributed by atoms with Crippen LogP contribution in [-0.4, -0.2) is 36.2 Å². The molecule has 0 heterocycles. The molecular formula is C16H32N2O2. The van der Waals surface area contributed by atoms with Gasteiger partial charge in [0.1, 0.15) is 0 Å². The highest BCUT2D eigenvalue weighted by Crippen LogP contribution is 2.17. The van der Waals surface area contributed by atoms with Crippen molar-refractivity contribution in [3.63, 3.8) is 0 Å². The number of rotatable bonds is 9. The summed E-state index contributed by atoms with van der Waals surface area (Å²) in [6.45, 7) is 5.13. The molecule has 4 nitrogen and oxygen atoms in total. The standard InChI is InChI=1S/C16H32N2O2/c1-3-7-14(10-11-19)12-17-13(2)16(20)18-15-8-5-4-6-9-15/h13-15,17,19H,3-12H2,1-2H3,(H,18,20). The van der Waals surface area contributed by atoms with Crippen LogP contribution in [0.2, 0.25) is 0 Å². The molecule has 3 N–H and O–H groups in total. The van der Waals surface area contributed by atoms with Gasteiger partial charge in [-0.1, -0.05) is 32.6 Å². The highest BCUT2D eigenvalue weighted by molar-refractivity contribution is 5.81. The summed E-state index contributed by atoms with van der Waals surface area (Å²) in [5.41, 5.74) is 0. The maximum Gasteiger partial charge on any atom is 0.237 e. The lowest BCUT2D eigenvalue weighted by Crippen LogP contribution is -2.47. The smallest absolute Gasteiger partial charge is 0.237 e. The topological polar surface area (TPSA) is 61.4 Å². The third kappa shape index (κ3) is 6.71. The molecule has 0 aromatic rings. The van der Waals surface area contributed by atoms with Crippen LogP contribution in [0, 0.1) is 5.92 Å². The summed E-state index contributed by atoms with van der Waals surface area (Å²) in [7, 11) is 0. The van der Waals surface area contributed by atoms with Crippen LogP contribution in [0.15, 0.2) is 0 Å². The van der Waals surface area contributed by atoms with Crippen molar-refractivity contribution in [2.75, 3.05) is 13.2 Å². The van der Waals surface area contributed by atoms with Gasteiger partial charge >= 0.3 is 0 Å². The Morgan fingerprint density at radius 3 is 2.55 bits per heavy atom. The molecule has 0 aromatic carbocycles. The molecule has 1 fully saturated rings. The number of aliphatic hydroxyl groups is 1. The Bertz CT molecular complexity index is 259. The van der Waals surface area contributed by atoms with E-state index in [-0.39, 0.29) is 18.6 Å². The zero-order valence-corrected chi connectivity index (χ0v) is 13.2. The van der Waals surface area contributed by atoms with Gasteiger partial charge in [-0.05, 0) is 45.1 Å². The minimum Gasteiger partial charge on any atom is -0.396 e. The van der Waals surface area contributed by atoms with Crippen molar-refractivity contribution < 1.29 is 9.90 Å². The van der Waals surface area contributed by atoms with E-state index in [0.29, 0.717) is 12.0 Å². The number of hydrogen-bond donors (Lipinski definition) is 3. The van der Waals surface area contributed by atoms with Crippen molar-refractivity contribution in [2.24, 2.45) is 5.92 Å². The van der Waals surface area contributed by atoms with Gasteiger partial charge in [0, 0.05) is 12.6 Å². The molecule has 2 unspecified atom stereocenters. The molecule has 4 heteroatoms. The average Bonchev–Trinajstić information content (AvgIpc) is 2.46. The van der Waals surface area contributed by atoms with Gasteiger partial charge in [0.15, 0.2) is 0 Å². The number of hydrogen-bond acceptors (Lipinski definition) is 3. The molecule has 1 aliphatic rings. The molecule has 2 atom stereocenters. The first-order valence-corrected chi connectivity index (χ1v) is 8.32. The van der Waals surface area contributed by atoms with E-state index in [9.17, 15) is 4.79 Å². The monoisotopic (exact) mass is 284 g/mol. The van der Waals surface area contributed by atoms with Crippen LogP contribution < -0.4 is 10.6 Å². The van der Waals surface area contributed by atoms with Gasteiger partial charge in [-0.25, -0.2) is 0 Å². The third-order valence-electron chi connectivity index (χ3n) is 4.29. The molecule has 0 spiro atoms.